The highest BCUT2D eigenvalue weighted by atomic mass is 16.5. The molecule has 0 amide bonds. The summed E-state index contributed by atoms with van der Waals surface area (Å²) in [5.74, 6) is 0.507. The Kier molecular flexibility index (Phi) is 3.47. The van der Waals surface area contributed by atoms with E-state index in [2.05, 4.69) is 11.1 Å². The van der Waals surface area contributed by atoms with E-state index in [0.29, 0.717) is 24.5 Å². The van der Waals surface area contributed by atoms with Gasteiger partial charge in [0.15, 0.2) is 0 Å². The summed E-state index contributed by atoms with van der Waals surface area (Å²) in [6, 6.07) is 5.60. The van der Waals surface area contributed by atoms with Crippen molar-refractivity contribution in [2.45, 2.75) is 6.92 Å². The Morgan fingerprint density at radius 3 is 3.06 bits per heavy atom. The zero-order valence-electron chi connectivity index (χ0n) is 10.5. The Bertz CT molecular complexity index is 495. The molecule has 94 valence electrons. The van der Waals surface area contributed by atoms with Crippen LogP contribution in [0.15, 0.2) is 18.3 Å². The summed E-state index contributed by atoms with van der Waals surface area (Å²) >= 11 is 0. The van der Waals surface area contributed by atoms with E-state index in [9.17, 15) is 4.79 Å². The lowest BCUT2D eigenvalue weighted by molar-refractivity contribution is -0.145. The quantitative estimate of drug-likeness (QED) is 0.732. The molecule has 0 spiro atoms. The molecule has 1 saturated heterocycles. The molecular weight excluding hydrogens is 230 g/mol. The van der Waals surface area contributed by atoms with Gasteiger partial charge in [-0.1, -0.05) is 6.92 Å². The Labute approximate surface area is 106 Å². The summed E-state index contributed by atoms with van der Waals surface area (Å²) < 4.78 is 4.79. The minimum atomic E-state index is -0.195. The molecule has 1 aliphatic rings. The normalized spacial score (nSPS) is 22.6. The van der Waals surface area contributed by atoms with Crippen LogP contribution in [0.25, 0.3) is 0 Å². The van der Waals surface area contributed by atoms with Gasteiger partial charge in [0.1, 0.15) is 11.9 Å². The Morgan fingerprint density at radius 1 is 1.61 bits per heavy atom. The fourth-order valence-corrected chi connectivity index (χ4v) is 2.33. The smallest absolute Gasteiger partial charge is 0.310 e. The highest BCUT2D eigenvalue weighted by molar-refractivity contribution is 5.74. The van der Waals surface area contributed by atoms with Crippen molar-refractivity contribution in [3.63, 3.8) is 0 Å². The van der Waals surface area contributed by atoms with Crippen molar-refractivity contribution in [2.75, 3.05) is 25.1 Å². The maximum atomic E-state index is 11.6. The van der Waals surface area contributed by atoms with E-state index >= 15 is 0 Å². The summed E-state index contributed by atoms with van der Waals surface area (Å²) in [5, 5.41) is 9.06. The number of nitriles is 1. The number of hydrogen-bond acceptors (Lipinski definition) is 5. The van der Waals surface area contributed by atoms with Crippen LogP contribution in [0.3, 0.4) is 0 Å². The highest BCUT2D eigenvalue weighted by Crippen LogP contribution is 2.29. The molecule has 18 heavy (non-hydrogen) atoms. The number of hydrogen-bond donors (Lipinski definition) is 0. The van der Waals surface area contributed by atoms with E-state index in [1.165, 1.54) is 7.11 Å². The Balaban J connectivity index is 2.22. The third-order valence-electron chi connectivity index (χ3n) is 3.32. The summed E-state index contributed by atoms with van der Waals surface area (Å²) in [6.45, 7) is 3.28. The first-order valence-electron chi connectivity index (χ1n) is 5.85. The topological polar surface area (TPSA) is 66.2 Å². The van der Waals surface area contributed by atoms with E-state index in [4.69, 9.17) is 10.00 Å². The van der Waals surface area contributed by atoms with Crippen LogP contribution in [0.4, 0.5) is 5.82 Å². The highest BCUT2D eigenvalue weighted by Gasteiger charge is 2.36. The lowest BCUT2D eigenvalue weighted by Gasteiger charge is -2.17. The second-order valence-electron chi connectivity index (χ2n) is 4.50. The van der Waals surface area contributed by atoms with Crippen molar-refractivity contribution < 1.29 is 9.53 Å². The van der Waals surface area contributed by atoms with Gasteiger partial charge in [-0.05, 0) is 18.1 Å². The average molecular weight is 245 g/mol. The first-order valence-corrected chi connectivity index (χ1v) is 5.85. The second kappa shape index (κ2) is 5.05. The number of pyridine rings is 1. The van der Waals surface area contributed by atoms with Crippen LogP contribution >= 0.6 is 0 Å². The third-order valence-corrected chi connectivity index (χ3v) is 3.32. The van der Waals surface area contributed by atoms with E-state index in [1.807, 2.05) is 11.8 Å². The van der Waals surface area contributed by atoms with Crippen LogP contribution < -0.4 is 4.90 Å². The first kappa shape index (κ1) is 12.4. The van der Waals surface area contributed by atoms with Gasteiger partial charge in [0.2, 0.25) is 0 Å². The molecule has 5 nitrogen and oxygen atoms in total. The summed E-state index contributed by atoms with van der Waals surface area (Å²) in [4.78, 5) is 17.8. The minimum Gasteiger partial charge on any atom is -0.469 e. The van der Waals surface area contributed by atoms with Crippen molar-refractivity contribution in [2.24, 2.45) is 11.8 Å². The van der Waals surface area contributed by atoms with Crippen LogP contribution in [0.5, 0.6) is 0 Å². The number of aromatic nitrogens is 1. The Hall–Kier alpha value is -2.09. The SMILES string of the molecule is COC(=O)C1CN(c2ncccc2C#N)CC1C. The monoisotopic (exact) mass is 245 g/mol. The van der Waals surface area contributed by atoms with Crippen molar-refractivity contribution in [3.8, 4) is 6.07 Å². The lowest BCUT2D eigenvalue weighted by atomic mass is 9.99. The van der Waals surface area contributed by atoms with Gasteiger partial charge in [-0.2, -0.15) is 5.26 Å². The number of rotatable bonds is 2. The number of methoxy groups -OCH3 is 1. The standard InChI is InChI=1S/C13H15N3O2/c1-9-7-16(8-11(9)13(17)18-2)12-10(6-14)4-3-5-15-12/h3-5,9,11H,7-8H2,1-2H3. The molecule has 2 atom stereocenters. The van der Waals surface area contributed by atoms with Gasteiger partial charge in [0.25, 0.3) is 0 Å². The lowest BCUT2D eigenvalue weighted by Crippen LogP contribution is -2.25. The molecule has 2 unspecified atom stereocenters. The molecule has 1 aromatic rings. The fraction of sp³-hybridized carbons (Fsp3) is 0.462. The zero-order valence-corrected chi connectivity index (χ0v) is 10.5. The molecular formula is C13H15N3O2. The van der Waals surface area contributed by atoms with E-state index in [0.717, 1.165) is 0 Å². The zero-order chi connectivity index (χ0) is 13.1. The second-order valence-corrected chi connectivity index (χ2v) is 4.50. The van der Waals surface area contributed by atoms with Gasteiger partial charge in [-0.15, -0.1) is 0 Å². The van der Waals surface area contributed by atoms with Crippen LogP contribution in [0.1, 0.15) is 12.5 Å². The summed E-state index contributed by atoms with van der Waals surface area (Å²) in [7, 11) is 1.40. The largest absolute Gasteiger partial charge is 0.469 e. The van der Waals surface area contributed by atoms with Crippen molar-refractivity contribution >= 4 is 11.8 Å². The van der Waals surface area contributed by atoms with Gasteiger partial charge in [-0.25, -0.2) is 4.98 Å². The minimum absolute atomic E-state index is 0.149. The fourth-order valence-electron chi connectivity index (χ4n) is 2.33. The summed E-state index contributed by atoms with van der Waals surface area (Å²) in [6.07, 6.45) is 1.66. The maximum Gasteiger partial charge on any atom is 0.310 e. The molecule has 2 rings (SSSR count). The average Bonchev–Trinajstić information content (AvgIpc) is 2.79. The molecule has 0 radical (unpaired) electrons. The number of carbonyl (C=O) groups is 1. The number of nitrogens with zero attached hydrogens (tertiary/aromatic N) is 3. The third kappa shape index (κ3) is 2.14. The predicted octanol–water partition coefficient (Wildman–Crippen LogP) is 1.20. The molecule has 0 aliphatic carbocycles. The van der Waals surface area contributed by atoms with Gasteiger partial charge in [0.05, 0.1) is 18.6 Å². The molecule has 1 aliphatic heterocycles. The van der Waals surface area contributed by atoms with Gasteiger partial charge < -0.3 is 9.64 Å². The number of ether oxygens (including phenoxy) is 1. The molecule has 2 heterocycles. The number of carbonyl (C=O) groups excluding carboxylic acids is 1. The molecule has 0 bridgehead atoms. The van der Waals surface area contributed by atoms with Gasteiger partial charge in [-0.3, -0.25) is 4.79 Å². The van der Waals surface area contributed by atoms with Crippen molar-refractivity contribution in [1.82, 2.24) is 4.98 Å². The van der Waals surface area contributed by atoms with E-state index in [1.54, 1.807) is 18.3 Å². The van der Waals surface area contributed by atoms with Crippen molar-refractivity contribution in [3.05, 3.63) is 23.9 Å². The van der Waals surface area contributed by atoms with Crippen LogP contribution in [0, 0.1) is 23.2 Å². The van der Waals surface area contributed by atoms with E-state index in [-0.39, 0.29) is 17.8 Å². The molecule has 1 fully saturated rings. The van der Waals surface area contributed by atoms with Crippen LogP contribution in [0.2, 0.25) is 0 Å². The molecule has 5 heteroatoms. The number of anilines is 1. The number of esters is 1. The first-order chi connectivity index (χ1) is 8.67. The summed E-state index contributed by atoms with van der Waals surface area (Å²) in [5.41, 5.74) is 0.537. The molecule has 0 aromatic carbocycles. The van der Waals surface area contributed by atoms with Crippen LogP contribution in [-0.2, 0) is 9.53 Å². The predicted molar refractivity (Wildman–Crippen MR) is 65.8 cm³/mol. The van der Waals surface area contributed by atoms with Gasteiger partial charge >= 0.3 is 5.97 Å². The van der Waals surface area contributed by atoms with E-state index < -0.39 is 0 Å². The Morgan fingerprint density at radius 2 is 2.39 bits per heavy atom. The molecule has 0 N–H and O–H groups in total. The molecule has 0 saturated carbocycles. The molecule has 1 aromatic heterocycles. The van der Waals surface area contributed by atoms with Crippen molar-refractivity contribution in [1.29, 1.82) is 5.26 Å². The van der Waals surface area contributed by atoms with Crippen LogP contribution in [-0.4, -0.2) is 31.2 Å². The van der Waals surface area contributed by atoms with Gasteiger partial charge in [0, 0.05) is 19.3 Å². The maximum absolute atomic E-state index is 11.6.